The van der Waals surface area contributed by atoms with Crippen LogP contribution < -0.4 is 10.6 Å². The van der Waals surface area contributed by atoms with Crippen molar-refractivity contribution in [3.63, 3.8) is 0 Å². The lowest BCUT2D eigenvalue weighted by Crippen LogP contribution is -2.40. The predicted molar refractivity (Wildman–Crippen MR) is 55.6 cm³/mol. The normalized spacial score (nSPS) is 22.6. The van der Waals surface area contributed by atoms with E-state index in [9.17, 15) is 18.4 Å². The van der Waals surface area contributed by atoms with Gasteiger partial charge in [0.15, 0.2) is 0 Å². The number of ether oxygens (including phenoxy) is 1. The largest absolute Gasteiger partial charge is 0.456 e. The Hall–Kier alpha value is -1.24. The predicted octanol–water partition coefficient (Wildman–Crippen LogP) is 0.0514. The number of nitrogens with one attached hydrogen (secondary N) is 2. The van der Waals surface area contributed by atoms with Gasteiger partial charge in [-0.2, -0.15) is 8.78 Å². The van der Waals surface area contributed by atoms with Gasteiger partial charge in [0.1, 0.15) is 6.10 Å². The minimum atomic E-state index is -3.40. The van der Waals surface area contributed by atoms with Crippen molar-refractivity contribution < 1.29 is 23.1 Å². The van der Waals surface area contributed by atoms with Crippen LogP contribution in [-0.4, -0.2) is 43.0 Å². The molecule has 98 valence electrons. The second kappa shape index (κ2) is 5.39. The molecule has 0 spiro atoms. The zero-order chi connectivity index (χ0) is 13.1. The zero-order valence-corrected chi connectivity index (χ0v) is 9.76. The van der Waals surface area contributed by atoms with Crippen LogP contribution >= 0.6 is 0 Å². The maximum absolute atomic E-state index is 12.8. The molecule has 2 N–H and O–H groups in total. The summed E-state index contributed by atoms with van der Waals surface area (Å²) in [5.41, 5.74) is 0. The Morgan fingerprint density at radius 3 is 2.71 bits per heavy atom. The Labute approximate surface area is 97.9 Å². The van der Waals surface area contributed by atoms with Crippen LogP contribution in [0.25, 0.3) is 0 Å². The fourth-order valence-corrected chi connectivity index (χ4v) is 1.48. The molecular weight excluding hydrogens is 234 g/mol. The summed E-state index contributed by atoms with van der Waals surface area (Å²) in [6.45, 7) is 3.69. The van der Waals surface area contributed by atoms with Crippen LogP contribution in [0.1, 0.15) is 20.3 Å². The van der Waals surface area contributed by atoms with Gasteiger partial charge in [-0.3, -0.25) is 4.79 Å². The molecule has 1 atom stereocenters. The van der Waals surface area contributed by atoms with Gasteiger partial charge in [-0.1, -0.05) is 0 Å². The van der Waals surface area contributed by atoms with Crippen molar-refractivity contribution in [2.24, 2.45) is 0 Å². The number of rotatable bonds is 5. The third-order valence-electron chi connectivity index (χ3n) is 2.16. The molecule has 1 amide bonds. The molecule has 0 radical (unpaired) electrons. The van der Waals surface area contributed by atoms with Crippen LogP contribution in [0.3, 0.4) is 0 Å². The minimum absolute atomic E-state index is 0.0117. The first-order chi connectivity index (χ1) is 7.81. The highest BCUT2D eigenvalue weighted by Gasteiger charge is 2.50. The van der Waals surface area contributed by atoms with Crippen LogP contribution in [0, 0.1) is 0 Å². The number of carbonyl (C=O) groups excluding carboxylic acids is 2. The maximum atomic E-state index is 12.8. The molecule has 0 aromatic rings. The van der Waals surface area contributed by atoms with Crippen molar-refractivity contribution in [3.05, 3.63) is 0 Å². The van der Waals surface area contributed by atoms with Crippen LogP contribution in [0.5, 0.6) is 0 Å². The van der Waals surface area contributed by atoms with Gasteiger partial charge in [0.25, 0.3) is 0 Å². The van der Waals surface area contributed by atoms with Gasteiger partial charge in [-0.05, 0) is 13.8 Å². The molecule has 1 fully saturated rings. The van der Waals surface area contributed by atoms with Crippen LogP contribution in [-0.2, 0) is 14.3 Å². The lowest BCUT2D eigenvalue weighted by molar-refractivity contribution is -0.158. The molecule has 0 saturated carbocycles. The van der Waals surface area contributed by atoms with E-state index in [1.807, 2.05) is 13.8 Å². The summed E-state index contributed by atoms with van der Waals surface area (Å²) in [5, 5.41) is 5.30. The quantitative estimate of drug-likeness (QED) is 0.677. The summed E-state index contributed by atoms with van der Waals surface area (Å²) >= 11 is 0. The topological polar surface area (TPSA) is 67.4 Å². The van der Waals surface area contributed by atoms with E-state index in [1.165, 1.54) is 0 Å². The van der Waals surface area contributed by atoms with E-state index in [0.29, 0.717) is 0 Å². The average molecular weight is 250 g/mol. The Balaban J connectivity index is 2.21. The van der Waals surface area contributed by atoms with Gasteiger partial charge in [0.2, 0.25) is 5.91 Å². The molecule has 0 aromatic heterocycles. The lowest BCUT2D eigenvalue weighted by Gasteiger charge is -2.11. The van der Waals surface area contributed by atoms with Crippen molar-refractivity contribution in [1.82, 2.24) is 10.6 Å². The standard InChI is InChI=1S/C10H16F2N2O3/c1-6(2)14-8(15)5-13-4-7-3-10(11,12)9(16)17-7/h6-7,13H,3-5H2,1-2H3,(H,14,15). The highest BCUT2D eigenvalue weighted by molar-refractivity contribution is 5.80. The monoisotopic (exact) mass is 250 g/mol. The molecule has 17 heavy (non-hydrogen) atoms. The minimum Gasteiger partial charge on any atom is -0.456 e. The number of cyclic esters (lactones) is 1. The first kappa shape index (κ1) is 13.8. The van der Waals surface area contributed by atoms with E-state index < -0.39 is 24.4 Å². The fraction of sp³-hybridized carbons (Fsp3) is 0.800. The summed E-state index contributed by atoms with van der Waals surface area (Å²) in [5.74, 6) is -5.11. The van der Waals surface area contributed by atoms with Gasteiger partial charge in [-0.15, -0.1) is 0 Å². The van der Waals surface area contributed by atoms with Gasteiger partial charge < -0.3 is 15.4 Å². The molecule has 1 unspecified atom stereocenters. The first-order valence-electron chi connectivity index (χ1n) is 5.40. The van der Waals surface area contributed by atoms with E-state index in [2.05, 4.69) is 15.4 Å². The van der Waals surface area contributed by atoms with E-state index >= 15 is 0 Å². The number of esters is 1. The SMILES string of the molecule is CC(C)NC(=O)CNCC1CC(F)(F)C(=O)O1. The van der Waals surface area contributed by atoms with E-state index in [4.69, 9.17) is 0 Å². The molecule has 0 bridgehead atoms. The number of hydrogen-bond donors (Lipinski definition) is 2. The third kappa shape index (κ3) is 4.26. The van der Waals surface area contributed by atoms with Crippen molar-refractivity contribution in [2.45, 2.75) is 38.3 Å². The summed E-state index contributed by atoms with van der Waals surface area (Å²) in [6.07, 6.45) is -1.51. The summed E-state index contributed by atoms with van der Waals surface area (Å²) in [4.78, 5) is 21.9. The highest BCUT2D eigenvalue weighted by atomic mass is 19.3. The molecule has 1 rings (SSSR count). The van der Waals surface area contributed by atoms with E-state index in [-0.39, 0.29) is 25.0 Å². The van der Waals surface area contributed by atoms with Crippen molar-refractivity contribution in [3.8, 4) is 0 Å². The average Bonchev–Trinajstić information content (AvgIpc) is 2.39. The number of halogens is 2. The molecule has 1 aliphatic heterocycles. The Morgan fingerprint density at radius 2 is 2.24 bits per heavy atom. The van der Waals surface area contributed by atoms with Gasteiger partial charge in [0, 0.05) is 12.6 Å². The number of amides is 1. The molecule has 7 heteroatoms. The Bertz CT molecular complexity index is 308. The molecule has 0 aliphatic carbocycles. The van der Waals surface area contributed by atoms with Gasteiger partial charge in [0.05, 0.1) is 13.0 Å². The second-order valence-electron chi connectivity index (χ2n) is 4.29. The zero-order valence-electron chi connectivity index (χ0n) is 9.76. The summed E-state index contributed by atoms with van der Waals surface area (Å²) in [6, 6.07) is 0.0259. The van der Waals surface area contributed by atoms with Gasteiger partial charge in [-0.25, -0.2) is 4.79 Å². The second-order valence-corrected chi connectivity index (χ2v) is 4.29. The molecule has 5 nitrogen and oxygen atoms in total. The smallest absolute Gasteiger partial charge is 0.377 e. The van der Waals surface area contributed by atoms with Crippen LogP contribution in [0.15, 0.2) is 0 Å². The summed E-state index contributed by atoms with van der Waals surface area (Å²) < 4.78 is 30.0. The van der Waals surface area contributed by atoms with E-state index in [1.54, 1.807) is 0 Å². The van der Waals surface area contributed by atoms with Crippen molar-refractivity contribution in [1.29, 1.82) is 0 Å². The Kier molecular flexibility index (Phi) is 4.39. The molecule has 1 heterocycles. The number of hydrogen-bond acceptors (Lipinski definition) is 4. The highest BCUT2D eigenvalue weighted by Crippen LogP contribution is 2.30. The van der Waals surface area contributed by atoms with Crippen molar-refractivity contribution >= 4 is 11.9 Å². The summed E-state index contributed by atoms with van der Waals surface area (Å²) in [7, 11) is 0. The molecule has 1 aliphatic rings. The maximum Gasteiger partial charge on any atom is 0.377 e. The third-order valence-corrected chi connectivity index (χ3v) is 2.16. The lowest BCUT2D eigenvalue weighted by atomic mass is 10.2. The van der Waals surface area contributed by atoms with Crippen molar-refractivity contribution in [2.75, 3.05) is 13.1 Å². The number of carbonyl (C=O) groups is 2. The van der Waals surface area contributed by atoms with E-state index in [0.717, 1.165) is 0 Å². The first-order valence-corrected chi connectivity index (χ1v) is 5.40. The van der Waals surface area contributed by atoms with Gasteiger partial charge >= 0.3 is 11.9 Å². The van der Waals surface area contributed by atoms with Crippen LogP contribution in [0.4, 0.5) is 8.78 Å². The fourth-order valence-electron chi connectivity index (χ4n) is 1.48. The number of alkyl halides is 2. The molecular formula is C10H16F2N2O3. The Morgan fingerprint density at radius 1 is 1.59 bits per heavy atom. The van der Waals surface area contributed by atoms with Crippen LogP contribution in [0.2, 0.25) is 0 Å². The molecule has 0 aromatic carbocycles. The molecule has 1 saturated heterocycles.